The zero-order chi connectivity index (χ0) is 15.5. The molecule has 1 heterocycles. The van der Waals surface area contributed by atoms with Crippen molar-refractivity contribution in [2.75, 3.05) is 0 Å². The van der Waals surface area contributed by atoms with Crippen molar-refractivity contribution < 1.29 is 9.63 Å². The second-order valence-electron chi connectivity index (χ2n) is 6.95. The summed E-state index contributed by atoms with van der Waals surface area (Å²) in [6, 6.07) is 10.0. The number of carbonyl (C=O) groups is 1. The minimum Gasteiger partial charge on any atom is -0.413 e. The van der Waals surface area contributed by atoms with E-state index in [4.69, 9.17) is 4.84 Å². The van der Waals surface area contributed by atoms with Gasteiger partial charge in [-0.1, -0.05) is 30.3 Å². The molecule has 0 radical (unpaired) electrons. The van der Waals surface area contributed by atoms with Gasteiger partial charge in [0.05, 0.1) is 11.1 Å². The molecule has 1 aliphatic rings. The zero-order valence-electron chi connectivity index (χ0n) is 13.4. The van der Waals surface area contributed by atoms with Crippen LogP contribution in [0.4, 0.5) is 0 Å². The molecule has 0 aliphatic carbocycles. The summed E-state index contributed by atoms with van der Waals surface area (Å²) in [7, 11) is 0. The fourth-order valence-corrected chi connectivity index (χ4v) is 3.03. The number of hydroxylamine groups is 2. The number of hydrogen-bond donors (Lipinski definition) is 0. The number of hydrogen-bond acceptors (Lipinski definition) is 3. The average Bonchev–Trinajstić information content (AvgIpc) is 2.48. The highest BCUT2D eigenvalue weighted by molar-refractivity contribution is 5.80. The predicted molar refractivity (Wildman–Crippen MR) is 85.4 cm³/mol. The van der Waals surface area contributed by atoms with Gasteiger partial charge in [0.1, 0.15) is 12.0 Å². The van der Waals surface area contributed by atoms with E-state index in [1.165, 1.54) is 0 Å². The van der Waals surface area contributed by atoms with Crippen LogP contribution in [0.5, 0.6) is 0 Å². The van der Waals surface area contributed by atoms with Crippen LogP contribution in [-0.2, 0) is 9.63 Å². The molecule has 0 amide bonds. The van der Waals surface area contributed by atoms with Crippen molar-refractivity contribution in [2.45, 2.75) is 58.0 Å². The summed E-state index contributed by atoms with van der Waals surface area (Å²) in [6.07, 6.45) is 5.62. The highest BCUT2D eigenvalue weighted by Crippen LogP contribution is 2.35. The maximum Gasteiger partial charge on any atom is 0.134 e. The van der Waals surface area contributed by atoms with Crippen molar-refractivity contribution in [3.05, 3.63) is 42.2 Å². The molecule has 0 spiro atoms. The van der Waals surface area contributed by atoms with Crippen LogP contribution >= 0.6 is 0 Å². The summed E-state index contributed by atoms with van der Waals surface area (Å²) in [5.74, 6) is 0.311. The highest BCUT2D eigenvalue weighted by atomic mass is 16.7. The number of benzene rings is 1. The van der Waals surface area contributed by atoms with E-state index in [9.17, 15) is 4.79 Å². The van der Waals surface area contributed by atoms with Crippen LogP contribution in [0.3, 0.4) is 0 Å². The summed E-state index contributed by atoms with van der Waals surface area (Å²) in [5, 5.41) is 1.98. The molecule has 114 valence electrons. The molecule has 1 saturated heterocycles. The normalized spacial score (nSPS) is 22.2. The van der Waals surface area contributed by atoms with Gasteiger partial charge in [-0.15, -0.1) is 5.06 Å². The van der Waals surface area contributed by atoms with E-state index in [1.807, 2.05) is 41.5 Å². The summed E-state index contributed by atoms with van der Waals surface area (Å²) < 4.78 is 0. The van der Waals surface area contributed by atoms with Crippen LogP contribution in [0.2, 0.25) is 0 Å². The maximum atomic E-state index is 11.9. The van der Waals surface area contributed by atoms with Crippen molar-refractivity contribution >= 4 is 11.9 Å². The summed E-state index contributed by atoms with van der Waals surface area (Å²) in [5.41, 5.74) is 0.619. The van der Waals surface area contributed by atoms with Gasteiger partial charge in [0.2, 0.25) is 0 Å². The number of Topliss-reactive ketones (excluding diaryl/α,β-unsaturated/α-hetero) is 1. The van der Waals surface area contributed by atoms with Crippen LogP contribution in [0.1, 0.15) is 52.5 Å². The minimum atomic E-state index is -0.307. The van der Waals surface area contributed by atoms with E-state index in [-0.39, 0.29) is 11.1 Å². The number of rotatable bonds is 3. The molecular weight excluding hydrogens is 262 g/mol. The lowest BCUT2D eigenvalue weighted by molar-refractivity contribution is -0.225. The van der Waals surface area contributed by atoms with Gasteiger partial charge in [-0.05, 0) is 45.8 Å². The Hall–Kier alpha value is -1.61. The Kier molecular flexibility index (Phi) is 4.52. The molecule has 0 saturated carbocycles. The second kappa shape index (κ2) is 6.02. The lowest BCUT2D eigenvalue weighted by Crippen LogP contribution is -2.53. The molecule has 0 N–H and O–H groups in total. The molecule has 21 heavy (non-hydrogen) atoms. The van der Waals surface area contributed by atoms with Crippen LogP contribution < -0.4 is 0 Å². The SMILES string of the molecule is CC1(C)CCC(=O)CC(C)(C)N1O/C=C/c1ccccc1. The maximum absolute atomic E-state index is 11.9. The Morgan fingerprint density at radius 2 is 1.76 bits per heavy atom. The molecule has 3 nitrogen and oxygen atoms in total. The Morgan fingerprint density at radius 1 is 1.10 bits per heavy atom. The third-order valence-corrected chi connectivity index (χ3v) is 3.97. The van der Waals surface area contributed by atoms with Gasteiger partial charge < -0.3 is 4.84 Å². The molecule has 2 rings (SSSR count). The lowest BCUT2D eigenvalue weighted by Gasteiger charge is -2.44. The van der Waals surface area contributed by atoms with Crippen molar-refractivity contribution in [2.24, 2.45) is 0 Å². The Labute approximate surface area is 127 Å². The third kappa shape index (κ3) is 3.94. The molecule has 3 heteroatoms. The fraction of sp³-hybridized carbons (Fsp3) is 0.500. The van der Waals surface area contributed by atoms with Crippen LogP contribution in [0.15, 0.2) is 36.6 Å². The highest BCUT2D eigenvalue weighted by Gasteiger charge is 2.43. The van der Waals surface area contributed by atoms with Crippen LogP contribution in [0, 0.1) is 0 Å². The van der Waals surface area contributed by atoms with Gasteiger partial charge in [-0.25, -0.2) is 0 Å². The standard InChI is InChI=1S/C18H25NO2/c1-17(2)12-10-16(20)14-18(3,4)19(17)21-13-11-15-8-6-5-7-9-15/h5-9,11,13H,10,12,14H2,1-4H3/b13-11+. The van der Waals surface area contributed by atoms with Crippen LogP contribution in [0.25, 0.3) is 6.08 Å². The molecule has 1 aromatic rings. The summed E-state index contributed by atoms with van der Waals surface area (Å²) >= 11 is 0. The van der Waals surface area contributed by atoms with E-state index in [0.29, 0.717) is 18.6 Å². The predicted octanol–water partition coefficient (Wildman–Crippen LogP) is 4.20. The van der Waals surface area contributed by atoms with E-state index >= 15 is 0 Å². The van der Waals surface area contributed by atoms with Crippen molar-refractivity contribution in [1.82, 2.24) is 5.06 Å². The Morgan fingerprint density at radius 3 is 2.43 bits per heavy atom. The quantitative estimate of drug-likeness (QED) is 0.780. The average molecular weight is 287 g/mol. The number of carbonyl (C=O) groups excluding carboxylic acids is 1. The van der Waals surface area contributed by atoms with Gasteiger partial charge in [-0.3, -0.25) is 4.79 Å². The minimum absolute atomic E-state index is 0.170. The topological polar surface area (TPSA) is 29.5 Å². The molecule has 1 aromatic carbocycles. The molecule has 1 aliphatic heterocycles. The van der Waals surface area contributed by atoms with Crippen LogP contribution in [-0.4, -0.2) is 21.9 Å². The number of ketones is 1. The summed E-state index contributed by atoms with van der Waals surface area (Å²) in [6.45, 7) is 8.38. The lowest BCUT2D eigenvalue weighted by atomic mass is 9.95. The van der Waals surface area contributed by atoms with Crippen molar-refractivity contribution in [3.63, 3.8) is 0 Å². The zero-order valence-corrected chi connectivity index (χ0v) is 13.4. The molecule has 0 aromatic heterocycles. The fourth-order valence-electron chi connectivity index (χ4n) is 3.03. The van der Waals surface area contributed by atoms with Gasteiger partial charge in [0, 0.05) is 12.8 Å². The van der Waals surface area contributed by atoms with E-state index < -0.39 is 0 Å². The first-order valence-corrected chi connectivity index (χ1v) is 7.52. The largest absolute Gasteiger partial charge is 0.413 e. The van der Waals surface area contributed by atoms with E-state index in [1.54, 1.807) is 6.26 Å². The Balaban J connectivity index is 2.14. The second-order valence-corrected chi connectivity index (χ2v) is 6.95. The van der Waals surface area contributed by atoms with E-state index in [2.05, 4.69) is 27.7 Å². The monoisotopic (exact) mass is 287 g/mol. The molecule has 0 unspecified atom stereocenters. The van der Waals surface area contributed by atoms with E-state index in [0.717, 1.165) is 12.0 Å². The van der Waals surface area contributed by atoms with Gasteiger partial charge in [0.15, 0.2) is 0 Å². The molecular formula is C18H25NO2. The first-order chi connectivity index (χ1) is 9.81. The first-order valence-electron chi connectivity index (χ1n) is 7.52. The van der Waals surface area contributed by atoms with Crippen molar-refractivity contribution in [3.8, 4) is 0 Å². The molecule has 0 bridgehead atoms. The Bertz CT molecular complexity index is 517. The molecule has 0 atom stereocenters. The first kappa shape index (κ1) is 15.8. The van der Waals surface area contributed by atoms with Crippen molar-refractivity contribution in [1.29, 1.82) is 0 Å². The summed E-state index contributed by atoms with van der Waals surface area (Å²) in [4.78, 5) is 17.9. The molecule has 1 fully saturated rings. The number of nitrogens with zero attached hydrogens (tertiary/aromatic N) is 1. The third-order valence-electron chi connectivity index (χ3n) is 3.97. The van der Waals surface area contributed by atoms with Gasteiger partial charge in [0.25, 0.3) is 0 Å². The van der Waals surface area contributed by atoms with Gasteiger partial charge in [-0.2, -0.15) is 0 Å². The smallest absolute Gasteiger partial charge is 0.134 e. The van der Waals surface area contributed by atoms with Gasteiger partial charge >= 0.3 is 0 Å².